The number of nitrogens with zero attached hydrogens (tertiary/aromatic N) is 3. The monoisotopic (exact) mass is 721 g/mol. The van der Waals surface area contributed by atoms with Crippen molar-refractivity contribution in [1.82, 2.24) is 41.0 Å². The summed E-state index contributed by atoms with van der Waals surface area (Å²) in [7, 11) is 0. The van der Waals surface area contributed by atoms with Gasteiger partial charge in [-0.1, -0.05) is 20.3 Å². The lowest BCUT2D eigenvalue weighted by Crippen LogP contribution is -2.58. The highest BCUT2D eigenvalue weighted by molar-refractivity contribution is 7.98. The van der Waals surface area contributed by atoms with Crippen LogP contribution in [0.25, 0.3) is 0 Å². The van der Waals surface area contributed by atoms with Gasteiger partial charge in [-0.05, 0) is 57.0 Å². The molecule has 0 bridgehead atoms. The standard InChI is InChI=1S/C32H51N9O8S/c1-5-18(2)26(39-28(44)21(33)14-20-15-34-17-36-20)31(47)41-12-7-8-23(41)29(45)35-16-25(42)40-11-6-9-24(40)30(46)37-19(3)27(43)38-22(32(48)49)10-13-50-4/h15,17-19,21-24,26H,5-14,16,33H2,1-4H3,(H,34,36)(H,35,45)(H,37,46)(H,38,43)(H,39,44)(H,48,49)/t18-,19-,21-,22-,23-,24-,26-/m0/s1. The Morgan fingerprint density at radius 2 is 1.66 bits per heavy atom. The summed E-state index contributed by atoms with van der Waals surface area (Å²) in [6.45, 7) is 5.34. The van der Waals surface area contributed by atoms with Crippen LogP contribution >= 0.6 is 11.8 Å². The van der Waals surface area contributed by atoms with Crippen molar-refractivity contribution < 1.29 is 38.7 Å². The van der Waals surface area contributed by atoms with E-state index in [0.29, 0.717) is 50.1 Å². The molecule has 8 N–H and O–H groups in total. The molecular weight excluding hydrogens is 670 g/mol. The van der Waals surface area contributed by atoms with Crippen molar-refractivity contribution in [3.8, 4) is 0 Å². The van der Waals surface area contributed by atoms with E-state index in [1.807, 2.05) is 20.1 Å². The number of hydrogen-bond donors (Lipinski definition) is 7. The average Bonchev–Trinajstić information content (AvgIpc) is 3.89. The number of nitrogens with one attached hydrogen (secondary N) is 5. The summed E-state index contributed by atoms with van der Waals surface area (Å²) in [6.07, 6.45) is 7.71. The van der Waals surface area contributed by atoms with E-state index in [4.69, 9.17) is 5.73 Å². The normalized spacial score (nSPS) is 20.3. The summed E-state index contributed by atoms with van der Waals surface area (Å²) in [5.74, 6) is -4.02. The van der Waals surface area contributed by atoms with E-state index < -0.39 is 84.2 Å². The first-order valence-electron chi connectivity index (χ1n) is 17.0. The second kappa shape index (κ2) is 19.3. The van der Waals surface area contributed by atoms with Crippen molar-refractivity contribution in [2.24, 2.45) is 11.7 Å². The first kappa shape index (κ1) is 40.2. The van der Waals surface area contributed by atoms with Crippen molar-refractivity contribution in [3.05, 3.63) is 18.2 Å². The van der Waals surface area contributed by atoms with Gasteiger partial charge < -0.3 is 46.9 Å². The molecule has 0 radical (unpaired) electrons. The summed E-state index contributed by atoms with van der Waals surface area (Å²) in [5.41, 5.74) is 6.78. The van der Waals surface area contributed by atoms with Gasteiger partial charge in [0.2, 0.25) is 35.4 Å². The maximum Gasteiger partial charge on any atom is 0.326 e. The first-order valence-corrected chi connectivity index (χ1v) is 18.4. The van der Waals surface area contributed by atoms with Crippen molar-refractivity contribution in [3.63, 3.8) is 0 Å². The van der Waals surface area contributed by atoms with Gasteiger partial charge in [0, 0.05) is 31.4 Å². The molecule has 3 rings (SSSR count). The second-order valence-electron chi connectivity index (χ2n) is 12.8. The highest BCUT2D eigenvalue weighted by atomic mass is 32.2. The highest BCUT2D eigenvalue weighted by Crippen LogP contribution is 2.22. The summed E-state index contributed by atoms with van der Waals surface area (Å²) in [5, 5.41) is 19.8. The van der Waals surface area contributed by atoms with Crippen LogP contribution in [-0.2, 0) is 40.0 Å². The van der Waals surface area contributed by atoms with Crippen molar-refractivity contribution in [2.45, 2.75) is 102 Å². The molecule has 0 unspecified atom stereocenters. The van der Waals surface area contributed by atoms with Crippen molar-refractivity contribution >= 4 is 53.2 Å². The number of likely N-dealkylation sites (tertiary alicyclic amines) is 2. The van der Waals surface area contributed by atoms with Gasteiger partial charge >= 0.3 is 5.97 Å². The fourth-order valence-electron chi connectivity index (χ4n) is 6.04. The molecule has 17 nitrogen and oxygen atoms in total. The lowest BCUT2D eigenvalue weighted by Gasteiger charge is -2.32. The first-order chi connectivity index (χ1) is 23.8. The quantitative estimate of drug-likeness (QED) is 0.0942. The number of H-pyrrole nitrogens is 1. The van der Waals surface area contributed by atoms with Crippen LogP contribution < -0.4 is 27.0 Å². The smallest absolute Gasteiger partial charge is 0.326 e. The second-order valence-corrected chi connectivity index (χ2v) is 13.8. The Morgan fingerprint density at radius 1 is 1.00 bits per heavy atom. The maximum atomic E-state index is 13.8. The number of thioether (sulfide) groups is 1. The van der Waals surface area contributed by atoms with Gasteiger partial charge in [-0.15, -0.1) is 0 Å². The largest absolute Gasteiger partial charge is 0.480 e. The predicted octanol–water partition coefficient (Wildman–Crippen LogP) is -1.26. The minimum absolute atomic E-state index is 0.204. The van der Waals surface area contributed by atoms with Gasteiger partial charge in [-0.3, -0.25) is 28.8 Å². The van der Waals surface area contributed by atoms with Crippen LogP contribution in [0.3, 0.4) is 0 Å². The number of rotatable bonds is 18. The number of amides is 6. The number of aromatic amines is 1. The van der Waals surface area contributed by atoms with E-state index in [2.05, 4.69) is 31.2 Å². The number of carbonyl (C=O) groups excluding carboxylic acids is 6. The Kier molecular flexibility index (Phi) is 15.5. The maximum absolute atomic E-state index is 13.8. The molecular formula is C32H51N9O8S. The average molecular weight is 722 g/mol. The van der Waals surface area contributed by atoms with E-state index in [0.717, 1.165) is 0 Å². The third-order valence-electron chi connectivity index (χ3n) is 9.21. The molecule has 2 fully saturated rings. The number of carboxylic acids is 1. The van der Waals surface area contributed by atoms with Crippen LogP contribution in [-0.4, -0.2) is 134 Å². The number of nitrogens with two attached hydrogens (primary N) is 1. The third kappa shape index (κ3) is 10.9. The van der Waals surface area contributed by atoms with Gasteiger partial charge in [-0.2, -0.15) is 11.8 Å². The molecule has 0 aromatic carbocycles. The van der Waals surface area contributed by atoms with Crippen LogP contribution in [0.4, 0.5) is 0 Å². The minimum Gasteiger partial charge on any atom is -0.480 e. The van der Waals surface area contributed by atoms with Gasteiger partial charge in [0.15, 0.2) is 0 Å². The zero-order valence-electron chi connectivity index (χ0n) is 29.1. The number of carbonyl (C=O) groups is 7. The highest BCUT2D eigenvalue weighted by Gasteiger charge is 2.40. The van der Waals surface area contributed by atoms with Gasteiger partial charge in [0.05, 0.1) is 18.9 Å². The van der Waals surface area contributed by atoms with Crippen molar-refractivity contribution in [2.75, 3.05) is 31.6 Å². The molecule has 1 aromatic rings. The molecule has 2 saturated heterocycles. The molecule has 2 aliphatic heterocycles. The molecule has 7 atom stereocenters. The predicted molar refractivity (Wildman–Crippen MR) is 184 cm³/mol. The minimum atomic E-state index is -1.17. The Bertz CT molecular complexity index is 1360. The van der Waals surface area contributed by atoms with E-state index in [1.54, 1.807) is 6.20 Å². The lowest BCUT2D eigenvalue weighted by atomic mass is 9.96. The van der Waals surface area contributed by atoms with Crippen LogP contribution in [0.2, 0.25) is 0 Å². The van der Waals surface area contributed by atoms with Crippen LogP contribution in [0.1, 0.15) is 65.0 Å². The number of aliphatic carboxylic acids is 1. The van der Waals surface area contributed by atoms with Crippen LogP contribution in [0, 0.1) is 5.92 Å². The fourth-order valence-corrected chi connectivity index (χ4v) is 6.51. The third-order valence-corrected chi connectivity index (χ3v) is 9.86. The van der Waals surface area contributed by atoms with E-state index >= 15 is 0 Å². The molecule has 278 valence electrons. The summed E-state index contributed by atoms with van der Waals surface area (Å²) in [4.78, 5) is 100. The lowest BCUT2D eigenvalue weighted by molar-refractivity contribution is -0.144. The van der Waals surface area contributed by atoms with Crippen LogP contribution in [0.5, 0.6) is 0 Å². The SMILES string of the molecule is CC[C@H](C)[C@H](NC(=O)[C@@H](N)Cc1cnc[nH]1)C(=O)N1CCC[C@H]1C(=O)NCC(=O)N1CCC[C@H]1C(=O)N[C@@H](C)C(=O)N[C@@H](CCSC)C(=O)O. The Hall–Kier alpha value is -4.19. The Balaban J connectivity index is 1.56. The van der Waals surface area contributed by atoms with Gasteiger partial charge in [0.25, 0.3) is 0 Å². The molecule has 18 heteroatoms. The molecule has 3 heterocycles. The molecule has 1 aromatic heterocycles. The van der Waals surface area contributed by atoms with Crippen LogP contribution in [0.15, 0.2) is 12.5 Å². The van der Waals surface area contributed by atoms with E-state index in [1.165, 1.54) is 34.8 Å². The Morgan fingerprint density at radius 3 is 2.26 bits per heavy atom. The van der Waals surface area contributed by atoms with Gasteiger partial charge in [-0.25, -0.2) is 9.78 Å². The number of carboxylic acid groups (broad SMARTS) is 1. The molecule has 50 heavy (non-hydrogen) atoms. The number of aromatic nitrogens is 2. The fraction of sp³-hybridized carbons (Fsp3) is 0.688. The zero-order valence-corrected chi connectivity index (χ0v) is 29.9. The van der Waals surface area contributed by atoms with Crippen molar-refractivity contribution in [1.29, 1.82) is 0 Å². The summed E-state index contributed by atoms with van der Waals surface area (Å²) >= 11 is 1.45. The molecule has 0 aliphatic carbocycles. The summed E-state index contributed by atoms with van der Waals surface area (Å²) in [6, 6.07) is -5.68. The molecule has 0 saturated carbocycles. The molecule has 0 spiro atoms. The van der Waals surface area contributed by atoms with Gasteiger partial charge in [0.1, 0.15) is 30.2 Å². The molecule has 2 aliphatic rings. The number of hydrogen-bond acceptors (Lipinski definition) is 10. The van der Waals surface area contributed by atoms with E-state index in [9.17, 15) is 38.7 Å². The topological polar surface area (TPSA) is 249 Å². The number of imidazole rings is 1. The zero-order chi connectivity index (χ0) is 37.0. The Labute approximate surface area is 296 Å². The molecule has 6 amide bonds. The van der Waals surface area contributed by atoms with E-state index in [-0.39, 0.29) is 25.3 Å². The summed E-state index contributed by atoms with van der Waals surface area (Å²) < 4.78 is 0.